The summed E-state index contributed by atoms with van der Waals surface area (Å²) in [5, 5.41) is 0. The second-order valence-corrected chi connectivity index (χ2v) is 6.17. The SMILES string of the molecule is CP(=O)(OC(=O)c1ccccc1)OC(=O)c1ccccc1. The van der Waals surface area contributed by atoms with Gasteiger partial charge in [0, 0.05) is 0 Å². The van der Waals surface area contributed by atoms with Crippen LogP contribution in [0.2, 0.25) is 0 Å². The number of hydrogen-bond donors (Lipinski definition) is 0. The van der Waals surface area contributed by atoms with Crippen molar-refractivity contribution in [2.75, 3.05) is 6.66 Å². The fraction of sp³-hybridized carbons (Fsp3) is 0.0667. The molecule has 108 valence electrons. The Labute approximate surface area is 122 Å². The van der Waals surface area contributed by atoms with Crippen molar-refractivity contribution >= 4 is 19.5 Å². The molecule has 0 N–H and O–H groups in total. The summed E-state index contributed by atoms with van der Waals surface area (Å²) in [6, 6.07) is 16.1. The fourth-order valence-corrected chi connectivity index (χ4v) is 2.42. The molecule has 2 aromatic carbocycles. The Hall–Kier alpha value is -2.39. The lowest BCUT2D eigenvalue weighted by Crippen LogP contribution is -2.09. The van der Waals surface area contributed by atoms with Crippen LogP contribution in [0.1, 0.15) is 20.7 Å². The molecule has 2 aromatic rings. The Balaban J connectivity index is 2.04. The average molecular weight is 304 g/mol. The third-order valence-electron chi connectivity index (χ3n) is 2.52. The summed E-state index contributed by atoms with van der Waals surface area (Å²) in [4.78, 5) is 23.6. The first-order chi connectivity index (χ1) is 9.98. The summed E-state index contributed by atoms with van der Waals surface area (Å²) in [6.45, 7) is 1.08. The van der Waals surface area contributed by atoms with Crippen molar-refractivity contribution in [3.05, 3.63) is 71.8 Å². The van der Waals surface area contributed by atoms with Crippen molar-refractivity contribution < 1.29 is 23.2 Å². The van der Waals surface area contributed by atoms with Crippen LogP contribution >= 0.6 is 7.60 Å². The van der Waals surface area contributed by atoms with Crippen molar-refractivity contribution in [3.8, 4) is 0 Å². The molecule has 0 heterocycles. The van der Waals surface area contributed by atoms with Gasteiger partial charge in [-0.3, -0.25) is 0 Å². The second-order valence-electron chi connectivity index (χ2n) is 4.26. The maximum atomic E-state index is 12.1. The molecule has 0 aliphatic rings. The van der Waals surface area contributed by atoms with Gasteiger partial charge in [0.25, 0.3) is 0 Å². The van der Waals surface area contributed by atoms with Crippen LogP contribution in [0.25, 0.3) is 0 Å². The molecule has 2 rings (SSSR count). The smallest absolute Gasteiger partial charge is 0.379 e. The van der Waals surface area contributed by atoms with Crippen LogP contribution in [-0.4, -0.2) is 18.6 Å². The molecule has 0 radical (unpaired) electrons. The van der Waals surface area contributed by atoms with Crippen LogP contribution in [0.3, 0.4) is 0 Å². The largest absolute Gasteiger partial charge is 0.432 e. The normalized spacial score (nSPS) is 10.7. The van der Waals surface area contributed by atoms with E-state index in [1.807, 2.05) is 0 Å². The van der Waals surface area contributed by atoms with Crippen LogP contribution in [0.15, 0.2) is 60.7 Å². The van der Waals surface area contributed by atoms with Crippen LogP contribution < -0.4 is 0 Å². The molecule has 0 unspecified atom stereocenters. The van der Waals surface area contributed by atoms with Gasteiger partial charge in [-0.1, -0.05) is 36.4 Å². The summed E-state index contributed by atoms with van der Waals surface area (Å²) in [6.07, 6.45) is 0. The quantitative estimate of drug-likeness (QED) is 0.808. The molecule has 0 aromatic heterocycles. The van der Waals surface area contributed by atoms with E-state index >= 15 is 0 Å². The summed E-state index contributed by atoms with van der Waals surface area (Å²) < 4.78 is 21.7. The molecule has 0 spiro atoms. The number of hydrogen-bond acceptors (Lipinski definition) is 5. The monoisotopic (exact) mass is 304 g/mol. The molecular weight excluding hydrogens is 291 g/mol. The topological polar surface area (TPSA) is 69.7 Å². The van der Waals surface area contributed by atoms with Gasteiger partial charge in [0.1, 0.15) is 0 Å². The molecule has 0 aliphatic heterocycles. The minimum Gasteiger partial charge on any atom is -0.379 e. The van der Waals surface area contributed by atoms with Crippen molar-refractivity contribution in [1.29, 1.82) is 0 Å². The number of rotatable bonds is 4. The van der Waals surface area contributed by atoms with E-state index in [2.05, 4.69) is 0 Å². The Morgan fingerprint density at radius 1 is 0.762 bits per heavy atom. The Bertz CT molecular complexity index is 624. The Kier molecular flexibility index (Phi) is 4.55. The second kappa shape index (κ2) is 6.37. The third kappa shape index (κ3) is 4.29. The van der Waals surface area contributed by atoms with E-state index in [-0.39, 0.29) is 11.1 Å². The molecule has 21 heavy (non-hydrogen) atoms. The molecular formula is C15H13O5P. The van der Waals surface area contributed by atoms with Crippen LogP contribution in [0.4, 0.5) is 0 Å². The Morgan fingerprint density at radius 3 is 1.43 bits per heavy atom. The van der Waals surface area contributed by atoms with E-state index in [9.17, 15) is 14.2 Å². The fourth-order valence-electron chi connectivity index (χ4n) is 1.57. The van der Waals surface area contributed by atoms with Gasteiger partial charge in [-0.15, -0.1) is 0 Å². The molecule has 5 nitrogen and oxygen atoms in total. The lowest BCUT2D eigenvalue weighted by Gasteiger charge is -2.13. The predicted octanol–water partition coefficient (Wildman–Crippen LogP) is 3.52. The highest BCUT2D eigenvalue weighted by Crippen LogP contribution is 2.45. The first-order valence-electron chi connectivity index (χ1n) is 6.13. The van der Waals surface area contributed by atoms with E-state index in [0.29, 0.717) is 0 Å². The molecule has 0 atom stereocenters. The lowest BCUT2D eigenvalue weighted by molar-refractivity contribution is 0.0635. The molecule has 6 heteroatoms. The average Bonchev–Trinajstić information content (AvgIpc) is 2.48. The minimum absolute atomic E-state index is 0.232. The predicted molar refractivity (Wildman–Crippen MR) is 77.2 cm³/mol. The van der Waals surface area contributed by atoms with Gasteiger partial charge in [-0.2, -0.15) is 0 Å². The van der Waals surface area contributed by atoms with Gasteiger partial charge in [0.15, 0.2) is 0 Å². The van der Waals surface area contributed by atoms with Gasteiger partial charge < -0.3 is 9.05 Å². The summed E-state index contributed by atoms with van der Waals surface area (Å²) in [5.74, 6) is -1.61. The van der Waals surface area contributed by atoms with Crippen molar-refractivity contribution in [3.63, 3.8) is 0 Å². The number of benzene rings is 2. The molecule has 0 fully saturated rings. The van der Waals surface area contributed by atoms with Gasteiger partial charge >= 0.3 is 19.5 Å². The molecule has 0 saturated heterocycles. The highest BCUT2D eigenvalue weighted by atomic mass is 31.2. The van der Waals surface area contributed by atoms with E-state index < -0.39 is 19.5 Å². The van der Waals surface area contributed by atoms with E-state index in [1.165, 1.54) is 24.3 Å². The number of carbonyl (C=O) groups excluding carboxylic acids is 2. The maximum Gasteiger partial charge on any atom is 0.432 e. The Morgan fingerprint density at radius 2 is 1.10 bits per heavy atom. The standard InChI is InChI=1S/C15H13O5P/c1-21(18,19-14(16)12-8-4-2-5-9-12)20-15(17)13-10-6-3-7-11-13/h2-11H,1H3. The van der Waals surface area contributed by atoms with Crippen LogP contribution in [0, 0.1) is 0 Å². The van der Waals surface area contributed by atoms with Crippen molar-refractivity contribution in [2.24, 2.45) is 0 Å². The highest BCUT2D eigenvalue weighted by molar-refractivity contribution is 7.54. The van der Waals surface area contributed by atoms with Gasteiger partial charge in [-0.05, 0) is 24.3 Å². The zero-order valence-corrected chi connectivity index (χ0v) is 12.2. The van der Waals surface area contributed by atoms with Crippen LogP contribution in [0.5, 0.6) is 0 Å². The maximum absolute atomic E-state index is 12.1. The summed E-state index contributed by atoms with van der Waals surface area (Å²) in [7, 11) is -3.83. The molecule has 0 saturated carbocycles. The lowest BCUT2D eigenvalue weighted by atomic mass is 10.2. The number of carbonyl (C=O) groups is 2. The summed E-state index contributed by atoms with van der Waals surface area (Å²) in [5.41, 5.74) is 0.464. The van der Waals surface area contributed by atoms with Crippen molar-refractivity contribution in [2.45, 2.75) is 0 Å². The molecule has 0 aliphatic carbocycles. The van der Waals surface area contributed by atoms with E-state index in [4.69, 9.17) is 9.05 Å². The van der Waals surface area contributed by atoms with E-state index in [0.717, 1.165) is 6.66 Å². The first-order valence-corrected chi connectivity index (χ1v) is 8.12. The highest BCUT2D eigenvalue weighted by Gasteiger charge is 2.27. The zero-order chi connectivity index (χ0) is 15.3. The van der Waals surface area contributed by atoms with E-state index in [1.54, 1.807) is 36.4 Å². The van der Waals surface area contributed by atoms with Gasteiger partial charge in [0.05, 0.1) is 17.8 Å². The van der Waals surface area contributed by atoms with Gasteiger partial charge in [-0.25, -0.2) is 14.2 Å². The van der Waals surface area contributed by atoms with Crippen LogP contribution in [-0.2, 0) is 13.6 Å². The zero-order valence-electron chi connectivity index (χ0n) is 11.3. The first kappa shape index (κ1) is 15.0. The third-order valence-corrected chi connectivity index (χ3v) is 3.51. The minimum atomic E-state index is -3.83. The van der Waals surface area contributed by atoms with Crippen molar-refractivity contribution in [1.82, 2.24) is 0 Å². The summed E-state index contributed by atoms with van der Waals surface area (Å²) >= 11 is 0. The van der Waals surface area contributed by atoms with Gasteiger partial charge in [0.2, 0.25) is 0 Å². The molecule has 0 bridgehead atoms. The molecule has 0 amide bonds.